The average Bonchev–Trinajstić information content (AvgIpc) is 2.61. The number of hydrogen-bond acceptors (Lipinski definition) is 1. The Morgan fingerprint density at radius 3 is 2.71 bits per heavy atom. The second-order valence-electron chi connectivity index (χ2n) is 6.74. The van der Waals surface area contributed by atoms with E-state index in [-0.39, 0.29) is 11.7 Å². The Kier molecular flexibility index (Phi) is 8.50. The summed E-state index contributed by atoms with van der Waals surface area (Å²) in [4.78, 5) is 14.9. The Morgan fingerprint density at radius 1 is 1.29 bits per heavy atom. The topological polar surface area (TPSA) is 20.3 Å². The number of hydrogen-bond donors (Lipinski definition) is 0. The summed E-state index contributed by atoms with van der Waals surface area (Å²) in [6, 6.07) is 5.63. The van der Waals surface area contributed by atoms with Crippen LogP contribution in [0.3, 0.4) is 0 Å². The van der Waals surface area contributed by atoms with E-state index in [1.54, 1.807) is 6.07 Å². The molecule has 0 heterocycles. The summed E-state index contributed by atoms with van der Waals surface area (Å²) in [7, 11) is 0. The quantitative estimate of drug-likeness (QED) is 0.374. The molecule has 1 saturated carbocycles. The van der Waals surface area contributed by atoms with Crippen LogP contribution in [-0.2, 0) is 15.6 Å². The van der Waals surface area contributed by atoms with Gasteiger partial charge in [-0.1, -0.05) is 67.3 Å². The van der Waals surface area contributed by atoms with Gasteiger partial charge in [-0.05, 0) is 42.9 Å². The number of amides is 1. The highest BCUT2D eigenvalue weighted by atomic mass is 127. The third-order valence-electron chi connectivity index (χ3n) is 5.04. The van der Waals surface area contributed by atoms with E-state index in [0.29, 0.717) is 18.9 Å². The van der Waals surface area contributed by atoms with E-state index >= 15 is 0 Å². The molecule has 1 aromatic rings. The molecule has 0 spiro atoms. The van der Waals surface area contributed by atoms with Crippen LogP contribution < -0.4 is 0 Å². The maximum atomic E-state index is 14.1. The van der Waals surface area contributed by atoms with Gasteiger partial charge in [-0.3, -0.25) is 4.79 Å². The third kappa shape index (κ3) is 5.43. The van der Waals surface area contributed by atoms with Crippen molar-refractivity contribution in [2.45, 2.75) is 75.2 Å². The van der Waals surface area contributed by atoms with Gasteiger partial charge in [-0.25, -0.2) is 4.39 Å². The van der Waals surface area contributed by atoms with Gasteiger partial charge in [0.15, 0.2) is 0 Å². The van der Waals surface area contributed by atoms with Crippen molar-refractivity contribution >= 4 is 28.5 Å². The van der Waals surface area contributed by atoms with E-state index in [1.165, 1.54) is 25.3 Å². The second-order valence-corrected chi connectivity index (χ2v) is 7.51. The van der Waals surface area contributed by atoms with Crippen LogP contribution in [0.4, 0.5) is 4.39 Å². The van der Waals surface area contributed by atoms with Crippen molar-refractivity contribution in [1.82, 2.24) is 4.90 Å². The second kappa shape index (κ2) is 10.4. The number of carbonyl (C=O) groups excluding carboxylic acids is 1. The molecule has 0 radical (unpaired) electrons. The summed E-state index contributed by atoms with van der Waals surface area (Å²) in [5.41, 5.74) is 1.74. The zero-order valence-electron chi connectivity index (χ0n) is 14.7. The van der Waals surface area contributed by atoms with Gasteiger partial charge < -0.3 is 4.90 Å². The molecule has 134 valence electrons. The molecular weight excluding hydrogens is 416 g/mol. The number of rotatable bonds is 8. The van der Waals surface area contributed by atoms with Crippen molar-refractivity contribution in [3.8, 4) is 0 Å². The summed E-state index contributed by atoms with van der Waals surface area (Å²) in [5.74, 6) is 0.0350. The van der Waals surface area contributed by atoms with E-state index in [4.69, 9.17) is 0 Å². The zero-order valence-corrected chi connectivity index (χ0v) is 16.9. The van der Waals surface area contributed by atoms with Crippen LogP contribution >= 0.6 is 22.6 Å². The number of unbranched alkanes of at least 4 members (excludes halogenated alkanes) is 1. The Balaban J connectivity index is 2.01. The van der Waals surface area contributed by atoms with Crippen LogP contribution in [0.1, 0.15) is 69.4 Å². The van der Waals surface area contributed by atoms with Crippen molar-refractivity contribution < 1.29 is 9.18 Å². The van der Waals surface area contributed by atoms with Gasteiger partial charge in [0, 0.05) is 23.4 Å². The molecule has 24 heavy (non-hydrogen) atoms. The molecule has 1 fully saturated rings. The van der Waals surface area contributed by atoms with E-state index < -0.39 is 0 Å². The summed E-state index contributed by atoms with van der Waals surface area (Å²) >= 11 is 2.26. The number of halogens is 2. The minimum atomic E-state index is -0.172. The minimum Gasteiger partial charge on any atom is -0.340 e. The molecule has 0 bridgehead atoms. The van der Waals surface area contributed by atoms with E-state index in [9.17, 15) is 9.18 Å². The standard InChI is InChI=1S/C20H29FINO/c1-2-3-14-23(17-9-5-4-6-10-17)20(24)13-12-18-16(15-22)8-7-11-19(18)21/h7-8,11,17H,2-6,9-10,12-15H2,1H3. The molecule has 1 aliphatic carbocycles. The van der Waals surface area contributed by atoms with Crippen LogP contribution in [0.25, 0.3) is 0 Å². The number of carbonyl (C=O) groups is 1. The number of benzene rings is 1. The maximum Gasteiger partial charge on any atom is 0.223 e. The largest absolute Gasteiger partial charge is 0.340 e. The number of nitrogens with zero attached hydrogens (tertiary/aromatic N) is 1. The molecule has 0 N–H and O–H groups in total. The van der Waals surface area contributed by atoms with Crippen LogP contribution in [0.15, 0.2) is 18.2 Å². The summed E-state index contributed by atoms with van der Waals surface area (Å²) < 4.78 is 14.9. The number of alkyl halides is 1. The predicted molar refractivity (Wildman–Crippen MR) is 106 cm³/mol. The van der Waals surface area contributed by atoms with Gasteiger partial charge >= 0.3 is 0 Å². The molecule has 1 aliphatic rings. The van der Waals surface area contributed by atoms with E-state index in [1.807, 2.05) is 6.07 Å². The lowest BCUT2D eigenvalue weighted by Crippen LogP contribution is -2.42. The lowest BCUT2D eigenvalue weighted by atomic mass is 9.93. The molecule has 0 aliphatic heterocycles. The Bertz CT molecular complexity index is 528. The first-order valence-electron chi connectivity index (χ1n) is 9.29. The molecule has 0 aromatic heterocycles. The summed E-state index contributed by atoms with van der Waals surface area (Å²) in [6.45, 7) is 3.02. The molecule has 2 rings (SSSR count). The molecule has 0 saturated heterocycles. The lowest BCUT2D eigenvalue weighted by molar-refractivity contribution is -0.134. The van der Waals surface area contributed by atoms with Crippen molar-refractivity contribution in [3.63, 3.8) is 0 Å². The first-order valence-corrected chi connectivity index (χ1v) is 10.8. The molecule has 0 atom stereocenters. The fourth-order valence-electron chi connectivity index (χ4n) is 3.62. The van der Waals surface area contributed by atoms with Gasteiger partial charge in [0.2, 0.25) is 5.91 Å². The smallest absolute Gasteiger partial charge is 0.223 e. The van der Waals surface area contributed by atoms with Gasteiger partial charge in [-0.15, -0.1) is 0 Å². The Labute approximate surface area is 159 Å². The van der Waals surface area contributed by atoms with Gasteiger partial charge in [0.25, 0.3) is 0 Å². The van der Waals surface area contributed by atoms with Crippen molar-refractivity contribution in [2.75, 3.05) is 6.54 Å². The predicted octanol–water partition coefficient (Wildman–Crippen LogP) is 5.65. The first-order chi connectivity index (χ1) is 11.7. The summed E-state index contributed by atoms with van der Waals surface area (Å²) in [5, 5.41) is 0. The zero-order chi connectivity index (χ0) is 17.4. The average molecular weight is 445 g/mol. The fraction of sp³-hybridized carbons (Fsp3) is 0.650. The van der Waals surface area contributed by atoms with Crippen LogP contribution in [0.2, 0.25) is 0 Å². The van der Waals surface area contributed by atoms with Crippen LogP contribution in [0, 0.1) is 5.82 Å². The van der Waals surface area contributed by atoms with Crippen LogP contribution in [0.5, 0.6) is 0 Å². The van der Waals surface area contributed by atoms with E-state index in [2.05, 4.69) is 34.4 Å². The highest BCUT2D eigenvalue weighted by Crippen LogP contribution is 2.25. The Morgan fingerprint density at radius 2 is 2.04 bits per heavy atom. The summed E-state index contributed by atoms with van der Waals surface area (Å²) in [6.07, 6.45) is 9.11. The van der Waals surface area contributed by atoms with Gasteiger partial charge in [0.1, 0.15) is 5.82 Å². The van der Waals surface area contributed by atoms with Crippen LogP contribution in [-0.4, -0.2) is 23.4 Å². The van der Waals surface area contributed by atoms with E-state index in [0.717, 1.165) is 47.8 Å². The molecular formula is C20H29FINO. The third-order valence-corrected chi connectivity index (χ3v) is 5.86. The first kappa shape index (κ1) is 19.7. The minimum absolute atomic E-state index is 0.172. The molecule has 2 nitrogen and oxygen atoms in total. The molecule has 4 heteroatoms. The molecule has 1 aromatic carbocycles. The van der Waals surface area contributed by atoms with Gasteiger partial charge in [0.05, 0.1) is 0 Å². The van der Waals surface area contributed by atoms with Crippen molar-refractivity contribution in [2.24, 2.45) is 0 Å². The van der Waals surface area contributed by atoms with Crippen molar-refractivity contribution in [1.29, 1.82) is 0 Å². The highest BCUT2D eigenvalue weighted by molar-refractivity contribution is 14.1. The fourth-order valence-corrected chi connectivity index (χ4v) is 4.33. The normalized spacial score (nSPS) is 15.5. The molecule has 0 unspecified atom stereocenters. The van der Waals surface area contributed by atoms with Gasteiger partial charge in [-0.2, -0.15) is 0 Å². The SMILES string of the molecule is CCCCN(C(=O)CCc1c(F)cccc1CI)C1CCCCC1. The Hall–Kier alpha value is -0.650. The maximum absolute atomic E-state index is 14.1. The van der Waals surface area contributed by atoms with Crippen molar-refractivity contribution in [3.05, 3.63) is 35.1 Å². The highest BCUT2D eigenvalue weighted by Gasteiger charge is 2.25. The monoisotopic (exact) mass is 445 g/mol. The molecule has 1 amide bonds. The lowest BCUT2D eigenvalue weighted by Gasteiger charge is -2.34.